The molecule has 1 aromatic carbocycles. The molecule has 10 heteroatoms. The topological polar surface area (TPSA) is 62.7 Å². The maximum atomic E-state index is 14.3. The van der Waals surface area contributed by atoms with E-state index in [-0.39, 0.29) is 22.9 Å². The summed E-state index contributed by atoms with van der Waals surface area (Å²) in [5.41, 5.74) is -0.813. The van der Waals surface area contributed by atoms with Crippen LogP contribution in [0.15, 0.2) is 24.4 Å². The number of carbonyl (C=O) groups is 2. The zero-order valence-electron chi connectivity index (χ0n) is 16.7. The average molecular weight is 442 g/mol. The Morgan fingerprint density at radius 1 is 1.20 bits per heavy atom. The number of nitrogens with zero attached hydrogens (tertiary/aromatic N) is 3. The first kappa shape index (κ1) is 21.9. The van der Waals surface area contributed by atoms with Gasteiger partial charge in [0.2, 0.25) is 0 Å². The van der Waals surface area contributed by atoms with E-state index in [4.69, 9.17) is 16.3 Å². The number of halogens is 4. The van der Waals surface area contributed by atoms with Gasteiger partial charge in [-0.3, -0.25) is 4.79 Å². The highest BCUT2D eigenvalue weighted by atomic mass is 35.5. The molecule has 2 aromatic rings. The molecule has 0 saturated carbocycles. The highest BCUT2D eigenvalue weighted by molar-refractivity contribution is 6.31. The van der Waals surface area contributed by atoms with Crippen LogP contribution in [0.3, 0.4) is 0 Å². The Morgan fingerprint density at radius 2 is 1.87 bits per heavy atom. The fourth-order valence-electron chi connectivity index (χ4n) is 3.12. The summed E-state index contributed by atoms with van der Waals surface area (Å²) in [6, 6.07) is 1.54. The first-order valence-electron chi connectivity index (χ1n) is 8.98. The molecule has 1 aliphatic rings. The van der Waals surface area contributed by atoms with Gasteiger partial charge in [-0.1, -0.05) is 11.6 Å². The molecule has 0 N–H and O–H groups in total. The molecule has 3 rings (SSSR count). The zero-order chi connectivity index (χ0) is 22.4. The summed E-state index contributed by atoms with van der Waals surface area (Å²) < 4.78 is 46.8. The summed E-state index contributed by atoms with van der Waals surface area (Å²) in [4.78, 5) is 31.9. The van der Waals surface area contributed by atoms with Crippen molar-refractivity contribution in [1.82, 2.24) is 4.98 Å². The van der Waals surface area contributed by atoms with Gasteiger partial charge in [-0.15, -0.1) is 0 Å². The Labute approximate surface area is 176 Å². The number of anilines is 2. The second kappa shape index (κ2) is 7.79. The van der Waals surface area contributed by atoms with Gasteiger partial charge in [0, 0.05) is 25.1 Å². The first-order valence-corrected chi connectivity index (χ1v) is 9.35. The van der Waals surface area contributed by atoms with Crippen molar-refractivity contribution >= 4 is 35.1 Å². The quantitative estimate of drug-likeness (QED) is 0.644. The molecule has 1 atom stereocenters. The van der Waals surface area contributed by atoms with Crippen molar-refractivity contribution in [2.45, 2.75) is 38.8 Å². The van der Waals surface area contributed by atoms with Crippen molar-refractivity contribution in [3.05, 3.63) is 52.4 Å². The van der Waals surface area contributed by atoms with Crippen molar-refractivity contribution < 1.29 is 27.5 Å². The fourth-order valence-corrected chi connectivity index (χ4v) is 3.28. The Morgan fingerprint density at radius 3 is 2.50 bits per heavy atom. The van der Waals surface area contributed by atoms with E-state index < -0.39 is 41.1 Å². The number of rotatable bonds is 2. The van der Waals surface area contributed by atoms with Gasteiger partial charge in [0.05, 0.1) is 16.9 Å². The predicted octanol–water partition coefficient (Wildman–Crippen LogP) is 4.48. The minimum atomic E-state index is -1.17. The normalized spacial score (nSPS) is 15.7. The number of fused-ring (bicyclic) bond motifs is 1. The van der Waals surface area contributed by atoms with Crippen LogP contribution in [-0.2, 0) is 16.0 Å². The lowest BCUT2D eigenvalue weighted by molar-refractivity contribution is -0.119. The lowest BCUT2D eigenvalue weighted by Crippen LogP contribution is -2.50. The second-order valence-corrected chi connectivity index (χ2v) is 8.23. The molecule has 0 spiro atoms. The highest BCUT2D eigenvalue weighted by Gasteiger charge is 2.43. The van der Waals surface area contributed by atoms with Crippen molar-refractivity contribution in [2.24, 2.45) is 0 Å². The maximum Gasteiger partial charge on any atom is 0.416 e. The van der Waals surface area contributed by atoms with Crippen LogP contribution in [0.5, 0.6) is 0 Å². The van der Waals surface area contributed by atoms with Gasteiger partial charge < -0.3 is 9.64 Å². The number of amides is 2. The van der Waals surface area contributed by atoms with Crippen molar-refractivity contribution in [2.75, 3.05) is 16.8 Å². The molecule has 2 amide bonds. The monoisotopic (exact) mass is 441 g/mol. The number of benzene rings is 1. The van der Waals surface area contributed by atoms with E-state index in [9.17, 15) is 22.8 Å². The molecule has 6 nitrogen and oxygen atoms in total. The molecule has 1 aliphatic heterocycles. The number of aromatic nitrogens is 1. The number of carbonyl (C=O) groups excluding carboxylic acids is 2. The molecule has 30 heavy (non-hydrogen) atoms. The van der Waals surface area contributed by atoms with E-state index in [0.717, 1.165) is 22.1 Å². The van der Waals surface area contributed by atoms with Crippen molar-refractivity contribution in [1.29, 1.82) is 0 Å². The van der Waals surface area contributed by atoms with Gasteiger partial charge in [-0.2, -0.15) is 0 Å². The summed E-state index contributed by atoms with van der Waals surface area (Å²) in [7, 11) is 1.26. The lowest BCUT2D eigenvalue weighted by Gasteiger charge is -2.30. The Bertz CT molecular complexity index is 1030. The summed E-state index contributed by atoms with van der Waals surface area (Å²) in [6.45, 7) is 4.95. The molecule has 160 valence electrons. The maximum absolute atomic E-state index is 14.3. The Balaban J connectivity index is 1.99. The van der Waals surface area contributed by atoms with Crippen LogP contribution < -0.4 is 9.80 Å². The average Bonchev–Trinajstić information content (AvgIpc) is 3.00. The smallest absolute Gasteiger partial charge is 0.416 e. The summed E-state index contributed by atoms with van der Waals surface area (Å²) in [5, 5.41) is -0.367. The third-order valence-electron chi connectivity index (χ3n) is 4.42. The third-order valence-corrected chi connectivity index (χ3v) is 4.71. The molecular formula is C20H19ClF3N3O3. The molecular weight excluding hydrogens is 423 g/mol. The van der Waals surface area contributed by atoms with Gasteiger partial charge in [0.25, 0.3) is 5.91 Å². The van der Waals surface area contributed by atoms with Crippen molar-refractivity contribution in [3.63, 3.8) is 0 Å². The van der Waals surface area contributed by atoms with E-state index in [0.29, 0.717) is 11.6 Å². The predicted molar refractivity (Wildman–Crippen MR) is 105 cm³/mol. The largest absolute Gasteiger partial charge is 0.443 e. The van der Waals surface area contributed by atoms with Gasteiger partial charge in [0.1, 0.15) is 34.9 Å². The molecule has 2 heterocycles. The van der Waals surface area contributed by atoms with E-state index >= 15 is 0 Å². The molecule has 0 aliphatic carbocycles. The number of pyridine rings is 1. The van der Waals surface area contributed by atoms with E-state index in [1.807, 2.05) is 0 Å². The van der Waals surface area contributed by atoms with Crippen LogP contribution in [0, 0.1) is 17.5 Å². The summed E-state index contributed by atoms with van der Waals surface area (Å²) >= 11 is 5.72. The Hall–Kier alpha value is -2.81. The SMILES string of the molecule is CN(C(=O)C1Cc2cc(F)cnc2N1C(=O)OC(C)(C)C)c1cc(Cl)c(F)cc1F. The third kappa shape index (κ3) is 4.21. The van der Waals surface area contributed by atoms with Gasteiger partial charge in [0.15, 0.2) is 0 Å². The van der Waals surface area contributed by atoms with Gasteiger partial charge in [-0.25, -0.2) is 27.8 Å². The highest BCUT2D eigenvalue weighted by Crippen LogP contribution is 2.34. The summed E-state index contributed by atoms with van der Waals surface area (Å²) in [5.74, 6) is -3.23. The van der Waals surface area contributed by atoms with Crippen LogP contribution in [-0.4, -0.2) is 35.7 Å². The van der Waals surface area contributed by atoms with Gasteiger partial charge >= 0.3 is 6.09 Å². The molecule has 0 radical (unpaired) electrons. The van der Waals surface area contributed by atoms with Gasteiger partial charge in [-0.05, 0) is 32.9 Å². The van der Waals surface area contributed by atoms with Crippen LogP contribution in [0.25, 0.3) is 0 Å². The Kier molecular flexibility index (Phi) is 5.68. The molecule has 0 fully saturated rings. The molecule has 1 aromatic heterocycles. The van der Waals surface area contributed by atoms with Crippen LogP contribution in [0.2, 0.25) is 5.02 Å². The summed E-state index contributed by atoms with van der Waals surface area (Å²) in [6.07, 6.45) is 0.00957. The minimum absolute atomic E-state index is 0.0565. The first-order chi connectivity index (χ1) is 13.9. The second-order valence-electron chi connectivity index (χ2n) is 7.82. The van der Waals surface area contributed by atoms with E-state index in [2.05, 4.69) is 4.98 Å². The molecule has 0 saturated heterocycles. The van der Waals surface area contributed by atoms with E-state index in [1.165, 1.54) is 13.1 Å². The minimum Gasteiger partial charge on any atom is -0.443 e. The lowest BCUT2D eigenvalue weighted by atomic mass is 10.1. The standard InChI is InChI=1S/C20H19ClF3N3O3/c1-20(2,3)30-19(29)27-16(6-10-5-11(22)9-25-17(10)27)18(28)26(4)15-7-12(21)13(23)8-14(15)24/h5,7-9,16H,6H2,1-4H3. The van der Waals surface area contributed by atoms with Crippen molar-refractivity contribution in [3.8, 4) is 0 Å². The number of hydrogen-bond acceptors (Lipinski definition) is 4. The molecule has 0 bridgehead atoms. The van der Waals surface area contributed by atoms with Crippen LogP contribution >= 0.6 is 11.6 Å². The fraction of sp³-hybridized carbons (Fsp3) is 0.350. The van der Waals surface area contributed by atoms with Crippen LogP contribution in [0.1, 0.15) is 26.3 Å². The number of hydrogen-bond donors (Lipinski definition) is 0. The zero-order valence-corrected chi connectivity index (χ0v) is 17.4. The molecule has 1 unspecified atom stereocenters. The number of ether oxygens (including phenoxy) is 1. The van der Waals surface area contributed by atoms with E-state index in [1.54, 1.807) is 20.8 Å². The number of likely N-dealkylation sites (N-methyl/N-ethyl adjacent to an activating group) is 1. The van der Waals surface area contributed by atoms with Crippen LogP contribution in [0.4, 0.5) is 29.5 Å².